The number of nitrogens with one attached hydrogen (secondary N) is 2. The van der Waals surface area contributed by atoms with Gasteiger partial charge in [0.05, 0.1) is 0 Å². The zero-order chi connectivity index (χ0) is 11.2. The van der Waals surface area contributed by atoms with Crippen LogP contribution in [0.25, 0.3) is 0 Å². The molecular formula is C12H19IN4. The van der Waals surface area contributed by atoms with E-state index in [0.29, 0.717) is 6.04 Å². The van der Waals surface area contributed by atoms with Gasteiger partial charge in [0, 0.05) is 37.9 Å². The van der Waals surface area contributed by atoms with Crippen molar-refractivity contribution in [3.8, 4) is 0 Å². The second-order valence-electron chi connectivity index (χ2n) is 3.99. The Hall–Kier alpha value is -0.850. The third kappa shape index (κ3) is 5.34. The summed E-state index contributed by atoms with van der Waals surface area (Å²) < 4.78 is 0. The molecule has 0 radical (unpaired) electrons. The van der Waals surface area contributed by atoms with E-state index < -0.39 is 0 Å². The monoisotopic (exact) mass is 346 g/mol. The molecule has 17 heavy (non-hydrogen) atoms. The number of nitrogens with zero attached hydrogens (tertiary/aromatic N) is 2. The van der Waals surface area contributed by atoms with Crippen molar-refractivity contribution < 1.29 is 0 Å². The Labute approximate surface area is 119 Å². The Bertz CT molecular complexity index is 349. The first-order valence-corrected chi connectivity index (χ1v) is 5.75. The van der Waals surface area contributed by atoms with Crippen molar-refractivity contribution in [1.29, 1.82) is 0 Å². The van der Waals surface area contributed by atoms with E-state index in [0.717, 1.165) is 24.6 Å². The topological polar surface area (TPSA) is 49.3 Å². The van der Waals surface area contributed by atoms with Crippen LogP contribution in [0.2, 0.25) is 0 Å². The van der Waals surface area contributed by atoms with Crippen LogP contribution in [0.1, 0.15) is 18.5 Å². The first-order chi connectivity index (χ1) is 7.88. The molecule has 1 aliphatic rings. The fraction of sp³-hybridized carbons (Fsp3) is 0.500. The van der Waals surface area contributed by atoms with Crippen LogP contribution in [-0.2, 0) is 6.42 Å². The van der Waals surface area contributed by atoms with Crippen LogP contribution >= 0.6 is 24.0 Å². The fourth-order valence-electron chi connectivity index (χ4n) is 1.47. The number of pyridine rings is 1. The van der Waals surface area contributed by atoms with Gasteiger partial charge in [-0.3, -0.25) is 9.98 Å². The fourth-order valence-corrected chi connectivity index (χ4v) is 1.47. The molecule has 4 nitrogen and oxygen atoms in total. The number of aliphatic imine (C=N–C) groups is 1. The molecule has 2 N–H and O–H groups in total. The van der Waals surface area contributed by atoms with Crippen LogP contribution in [-0.4, -0.2) is 30.6 Å². The van der Waals surface area contributed by atoms with Gasteiger partial charge in [-0.2, -0.15) is 0 Å². The Morgan fingerprint density at radius 3 is 2.88 bits per heavy atom. The van der Waals surface area contributed by atoms with E-state index in [1.165, 1.54) is 12.8 Å². The molecule has 0 aliphatic heterocycles. The molecule has 0 bridgehead atoms. The highest BCUT2D eigenvalue weighted by atomic mass is 127. The maximum Gasteiger partial charge on any atom is 0.191 e. The van der Waals surface area contributed by atoms with Gasteiger partial charge in [-0.15, -0.1) is 24.0 Å². The minimum atomic E-state index is 0. The average Bonchev–Trinajstić information content (AvgIpc) is 3.13. The molecule has 0 spiro atoms. The van der Waals surface area contributed by atoms with Gasteiger partial charge in [0.15, 0.2) is 5.96 Å². The van der Waals surface area contributed by atoms with E-state index in [4.69, 9.17) is 0 Å². The smallest absolute Gasteiger partial charge is 0.191 e. The summed E-state index contributed by atoms with van der Waals surface area (Å²) in [5, 5.41) is 6.63. The van der Waals surface area contributed by atoms with E-state index in [1.54, 1.807) is 7.05 Å². The number of guanidine groups is 1. The third-order valence-corrected chi connectivity index (χ3v) is 2.54. The summed E-state index contributed by atoms with van der Waals surface area (Å²) in [5.41, 5.74) is 1.11. The number of hydrogen-bond acceptors (Lipinski definition) is 2. The molecule has 1 heterocycles. The molecule has 1 aliphatic carbocycles. The van der Waals surface area contributed by atoms with E-state index in [2.05, 4.69) is 20.6 Å². The average molecular weight is 346 g/mol. The van der Waals surface area contributed by atoms with Gasteiger partial charge in [-0.1, -0.05) is 6.07 Å². The Morgan fingerprint density at radius 2 is 2.29 bits per heavy atom. The van der Waals surface area contributed by atoms with Crippen LogP contribution in [0.15, 0.2) is 29.4 Å². The van der Waals surface area contributed by atoms with Gasteiger partial charge >= 0.3 is 0 Å². The molecule has 0 saturated heterocycles. The largest absolute Gasteiger partial charge is 0.356 e. The van der Waals surface area contributed by atoms with Gasteiger partial charge in [0.2, 0.25) is 0 Å². The summed E-state index contributed by atoms with van der Waals surface area (Å²) in [6, 6.07) is 6.63. The summed E-state index contributed by atoms with van der Waals surface area (Å²) in [7, 11) is 1.80. The first kappa shape index (κ1) is 14.2. The molecule has 1 aromatic heterocycles. The first-order valence-electron chi connectivity index (χ1n) is 5.75. The summed E-state index contributed by atoms with van der Waals surface area (Å²) in [5.74, 6) is 0.901. The lowest BCUT2D eigenvalue weighted by Gasteiger charge is -2.10. The third-order valence-electron chi connectivity index (χ3n) is 2.54. The lowest BCUT2D eigenvalue weighted by Crippen LogP contribution is -2.39. The van der Waals surface area contributed by atoms with Crippen molar-refractivity contribution in [2.75, 3.05) is 13.6 Å². The molecule has 1 aromatic rings. The zero-order valence-electron chi connectivity index (χ0n) is 10.0. The number of hydrogen-bond donors (Lipinski definition) is 2. The van der Waals surface area contributed by atoms with Crippen molar-refractivity contribution in [2.45, 2.75) is 25.3 Å². The summed E-state index contributed by atoms with van der Waals surface area (Å²) in [4.78, 5) is 8.45. The molecule has 1 saturated carbocycles. The molecule has 5 heteroatoms. The van der Waals surface area contributed by atoms with Crippen LogP contribution in [0.3, 0.4) is 0 Å². The highest BCUT2D eigenvalue weighted by Crippen LogP contribution is 2.18. The lowest BCUT2D eigenvalue weighted by molar-refractivity contribution is 0.782. The minimum absolute atomic E-state index is 0. The quantitative estimate of drug-likeness (QED) is 0.494. The summed E-state index contributed by atoms with van der Waals surface area (Å²) in [6.07, 6.45) is 5.28. The van der Waals surface area contributed by atoms with E-state index >= 15 is 0 Å². The Balaban J connectivity index is 0.00000144. The van der Waals surface area contributed by atoms with Crippen LogP contribution < -0.4 is 10.6 Å². The molecule has 0 unspecified atom stereocenters. The molecule has 2 rings (SSSR count). The highest BCUT2D eigenvalue weighted by Gasteiger charge is 2.21. The van der Waals surface area contributed by atoms with Gasteiger partial charge < -0.3 is 10.6 Å². The standard InChI is InChI=1S/C12H18N4.HI/c1-13-12(16-11-5-6-11)15-9-7-10-4-2-3-8-14-10;/h2-4,8,11H,5-7,9H2,1H3,(H2,13,15,16);1H. The zero-order valence-corrected chi connectivity index (χ0v) is 12.3. The summed E-state index contributed by atoms with van der Waals surface area (Å²) in [6.45, 7) is 0.864. The minimum Gasteiger partial charge on any atom is -0.356 e. The second kappa shape index (κ2) is 7.47. The van der Waals surface area contributed by atoms with Crippen molar-refractivity contribution in [2.24, 2.45) is 4.99 Å². The van der Waals surface area contributed by atoms with Crippen molar-refractivity contribution >= 4 is 29.9 Å². The van der Waals surface area contributed by atoms with Crippen LogP contribution in [0, 0.1) is 0 Å². The lowest BCUT2D eigenvalue weighted by atomic mass is 10.3. The van der Waals surface area contributed by atoms with E-state index in [-0.39, 0.29) is 24.0 Å². The van der Waals surface area contributed by atoms with Gasteiger partial charge in [-0.05, 0) is 25.0 Å². The van der Waals surface area contributed by atoms with Gasteiger partial charge in [0.1, 0.15) is 0 Å². The van der Waals surface area contributed by atoms with Crippen molar-refractivity contribution in [3.05, 3.63) is 30.1 Å². The second-order valence-corrected chi connectivity index (χ2v) is 3.99. The normalized spacial score (nSPS) is 15.0. The van der Waals surface area contributed by atoms with E-state index in [9.17, 15) is 0 Å². The Kier molecular flexibility index (Phi) is 6.25. The number of rotatable bonds is 4. The molecule has 1 fully saturated rings. The molecule has 94 valence electrons. The maximum atomic E-state index is 4.27. The molecule has 0 amide bonds. The van der Waals surface area contributed by atoms with Crippen LogP contribution in [0.5, 0.6) is 0 Å². The molecule has 0 atom stereocenters. The maximum absolute atomic E-state index is 4.27. The molecular weight excluding hydrogens is 327 g/mol. The number of aromatic nitrogens is 1. The SMILES string of the molecule is CN=C(NCCc1ccccn1)NC1CC1.I. The Morgan fingerprint density at radius 1 is 1.47 bits per heavy atom. The van der Waals surface area contributed by atoms with Crippen molar-refractivity contribution in [3.63, 3.8) is 0 Å². The van der Waals surface area contributed by atoms with Crippen LogP contribution in [0.4, 0.5) is 0 Å². The summed E-state index contributed by atoms with van der Waals surface area (Å²) >= 11 is 0. The highest BCUT2D eigenvalue weighted by molar-refractivity contribution is 14.0. The number of halogens is 1. The van der Waals surface area contributed by atoms with Gasteiger partial charge in [-0.25, -0.2) is 0 Å². The predicted molar refractivity (Wildman–Crippen MR) is 80.9 cm³/mol. The van der Waals surface area contributed by atoms with Crippen molar-refractivity contribution in [1.82, 2.24) is 15.6 Å². The molecule has 0 aromatic carbocycles. The predicted octanol–water partition coefficient (Wildman–Crippen LogP) is 1.57. The van der Waals surface area contributed by atoms with Gasteiger partial charge in [0.25, 0.3) is 0 Å². The van der Waals surface area contributed by atoms with E-state index in [1.807, 2.05) is 24.4 Å².